The number of nitrogens with zero attached hydrogens (tertiary/aromatic N) is 3. The largest absolute Gasteiger partial charge is 0.489 e. The number of aromatic nitrogens is 2. The fourth-order valence-corrected chi connectivity index (χ4v) is 2.70. The van der Waals surface area contributed by atoms with Crippen LogP contribution >= 0.6 is 35.6 Å². The van der Waals surface area contributed by atoms with Crippen molar-refractivity contribution < 1.29 is 4.74 Å². The van der Waals surface area contributed by atoms with Crippen LogP contribution in [0.4, 0.5) is 0 Å². The Bertz CT molecular complexity index is 747. The van der Waals surface area contributed by atoms with E-state index in [1.165, 1.54) is 5.56 Å². The third-order valence-electron chi connectivity index (χ3n) is 4.01. The molecule has 144 valence electrons. The first-order valence-corrected chi connectivity index (χ1v) is 8.64. The fourth-order valence-electron chi connectivity index (χ4n) is 2.52. The Morgan fingerprint density at radius 2 is 2.08 bits per heavy atom. The van der Waals surface area contributed by atoms with Gasteiger partial charge < -0.3 is 15.4 Å². The number of benzene rings is 1. The summed E-state index contributed by atoms with van der Waals surface area (Å²) < 4.78 is 7.74. The van der Waals surface area contributed by atoms with Gasteiger partial charge in [-0.25, -0.2) is 0 Å². The van der Waals surface area contributed by atoms with Crippen LogP contribution in [-0.4, -0.2) is 35.4 Å². The van der Waals surface area contributed by atoms with E-state index < -0.39 is 0 Å². The fraction of sp³-hybridized carbons (Fsp3) is 0.444. The Morgan fingerprint density at radius 3 is 2.65 bits per heavy atom. The average molecular weight is 492 g/mol. The predicted molar refractivity (Wildman–Crippen MR) is 118 cm³/mol. The molecule has 8 heteroatoms. The van der Waals surface area contributed by atoms with Crippen LogP contribution in [0.5, 0.6) is 5.75 Å². The zero-order valence-corrected chi connectivity index (χ0v) is 18.9. The monoisotopic (exact) mass is 491 g/mol. The van der Waals surface area contributed by atoms with E-state index in [-0.39, 0.29) is 30.1 Å². The molecule has 1 aromatic carbocycles. The van der Waals surface area contributed by atoms with Crippen molar-refractivity contribution in [3.8, 4) is 5.75 Å². The topological polar surface area (TPSA) is 63.5 Å². The first-order chi connectivity index (χ1) is 11.9. The number of guanidine groups is 1. The lowest BCUT2D eigenvalue weighted by molar-refractivity contribution is 0.224. The Balaban J connectivity index is 0.00000338. The van der Waals surface area contributed by atoms with E-state index in [0.717, 1.165) is 23.1 Å². The average Bonchev–Trinajstić information content (AvgIpc) is 2.80. The molecule has 2 rings (SSSR count). The SMILES string of the molecule is CN=C(NCc1c(C)nn(C)c1C)NCC(C)Oc1cccc(Cl)c1.I. The lowest BCUT2D eigenvalue weighted by atomic mass is 10.2. The van der Waals surface area contributed by atoms with Crippen LogP contribution in [0.15, 0.2) is 29.3 Å². The zero-order chi connectivity index (χ0) is 18.4. The van der Waals surface area contributed by atoms with Crippen molar-refractivity contribution in [2.75, 3.05) is 13.6 Å². The lowest BCUT2D eigenvalue weighted by Crippen LogP contribution is -2.41. The molecule has 0 aliphatic rings. The van der Waals surface area contributed by atoms with E-state index in [1.807, 2.05) is 43.8 Å². The van der Waals surface area contributed by atoms with E-state index in [4.69, 9.17) is 16.3 Å². The van der Waals surface area contributed by atoms with Crippen molar-refractivity contribution in [1.82, 2.24) is 20.4 Å². The van der Waals surface area contributed by atoms with Gasteiger partial charge in [0.2, 0.25) is 0 Å². The molecule has 0 aliphatic heterocycles. The molecule has 0 radical (unpaired) electrons. The summed E-state index contributed by atoms with van der Waals surface area (Å²) in [5.74, 6) is 1.48. The molecule has 26 heavy (non-hydrogen) atoms. The minimum absolute atomic E-state index is 0. The number of aliphatic imine (C=N–C) groups is 1. The van der Waals surface area contributed by atoms with Crippen molar-refractivity contribution in [1.29, 1.82) is 0 Å². The maximum atomic E-state index is 5.97. The second-order valence-corrected chi connectivity index (χ2v) is 6.40. The molecule has 1 atom stereocenters. The van der Waals surface area contributed by atoms with Crippen molar-refractivity contribution >= 4 is 41.5 Å². The van der Waals surface area contributed by atoms with Gasteiger partial charge in [-0.15, -0.1) is 24.0 Å². The number of ether oxygens (including phenoxy) is 1. The summed E-state index contributed by atoms with van der Waals surface area (Å²) in [4.78, 5) is 4.25. The minimum Gasteiger partial charge on any atom is -0.489 e. The Hall–Kier alpha value is -1.48. The zero-order valence-electron chi connectivity index (χ0n) is 15.8. The molecule has 0 bridgehead atoms. The highest BCUT2D eigenvalue weighted by Crippen LogP contribution is 2.18. The van der Waals surface area contributed by atoms with Crippen LogP contribution in [0, 0.1) is 13.8 Å². The second-order valence-electron chi connectivity index (χ2n) is 5.97. The third-order valence-corrected chi connectivity index (χ3v) is 4.24. The van der Waals surface area contributed by atoms with Gasteiger partial charge >= 0.3 is 0 Å². The molecule has 2 N–H and O–H groups in total. The number of rotatable bonds is 6. The molecule has 6 nitrogen and oxygen atoms in total. The molecule has 0 saturated carbocycles. The quantitative estimate of drug-likeness (QED) is 0.369. The van der Waals surface area contributed by atoms with Crippen molar-refractivity contribution in [2.24, 2.45) is 12.0 Å². The molecular formula is C18H27ClIN5O. The summed E-state index contributed by atoms with van der Waals surface area (Å²) in [6.07, 6.45) is -0.0288. The summed E-state index contributed by atoms with van der Waals surface area (Å²) in [7, 11) is 3.70. The van der Waals surface area contributed by atoms with Crippen LogP contribution in [0.25, 0.3) is 0 Å². The van der Waals surface area contributed by atoms with Crippen LogP contribution < -0.4 is 15.4 Å². The van der Waals surface area contributed by atoms with Crippen molar-refractivity contribution in [2.45, 2.75) is 33.4 Å². The van der Waals surface area contributed by atoms with Gasteiger partial charge in [-0.05, 0) is 39.0 Å². The van der Waals surface area contributed by atoms with Gasteiger partial charge in [0.15, 0.2) is 5.96 Å². The van der Waals surface area contributed by atoms with E-state index in [0.29, 0.717) is 18.1 Å². The summed E-state index contributed by atoms with van der Waals surface area (Å²) in [5.41, 5.74) is 3.37. The summed E-state index contributed by atoms with van der Waals surface area (Å²) in [5, 5.41) is 11.7. The highest BCUT2D eigenvalue weighted by molar-refractivity contribution is 14.0. The third kappa shape index (κ3) is 6.35. The first-order valence-electron chi connectivity index (χ1n) is 8.26. The van der Waals surface area contributed by atoms with E-state index >= 15 is 0 Å². The van der Waals surface area contributed by atoms with Gasteiger partial charge in [-0.2, -0.15) is 5.10 Å². The van der Waals surface area contributed by atoms with Gasteiger partial charge in [-0.3, -0.25) is 9.67 Å². The van der Waals surface area contributed by atoms with Crippen LogP contribution in [0.1, 0.15) is 23.9 Å². The molecule has 2 aromatic rings. The van der Waals surface area contributed by atoms with Crippen LogP contribution in [0.3, 0.4) is 0 Å². The summed E-state index contributed by atoms with van der Waals surface area (Å²) >= 11 is 5.97. The van der Waals surface area contributed by atoms with Gasteiger partial charge in [0, 0.05) is 36.9 Å². The van der Waals surface area contributed by atoms with Crippen molar-refractivity contribution in [3.05, 3.63) is 46.2 Å². The predicted octanol–water partition coefficient (Wildman–Crippen LogP) is 3.44. The Labute approximate surface area is 177 Å². The highest BCUT2D eigenvalue weighted by atomic mass is 127. The maximum absolute atomic E-state index is 5.97. The molecular weight excluding hydrogens is 465 g/mol. The standard InChI is InChI=1S/C18H26ClN5O.HI/c1-12(25-16-8-6-7-15(19)9-16)10-21-18(20-4)22-11-17-13(2)23-24(5)14(17)3;/h6-9,12H,10-11H2,1-5H3,(H2,20,21,22);1H. The van der Waals surface area contributed by atoms with Gasteiger partial charge in [0.25, 0.3) is 0 Å². The number of aryl methyl sites for hydroxylation is 2. The number of hydrogen-bond donors (Lipinski definition) is 2. The first kappa shape index (κ1) is 22.6. The van der Waals surface area contributed by atoms with Gasteiger partial charge in [-0.1, -0.05) is 17.7 Å². The van der Waals surface area contributed by atoms with E-state index in [1.54, 1.807) is 13.1 Å². The van der Waals surface area contributed by atoms with E-state index in [2.05, 4.69) is 27.6 Å². The second kappa shape index (κ2) is 10.6. The maximum Gasteiger partial charge on any atom is 0.191 e. The molecule has 1 heterocycles. The molecule has 1 aromatic heterocycles. The summed E-state index contributed by atoms with van der Waals surface area (Å²) in [6.45, 7) is 7.37. The molecule has 0 spiro atoms. The minimum atomic E-state index is -0.0288. The van der Waals surface area contributed by atoms with Gasteiger partial charge in [0.05, 0.1) is 12.2 Å². The Kier molecular flexibility index (Phi) is 9.21. The lowest BCUT2D eigenvalue weighted by Gasteiger charge is -2.18. The molecule has 0 aliphatic carbocycles. The number of hydrogen-bond acceptors (Lipinski definition) is 3. The number of halogens is 2. The Morgan fingerprint density at radius 1 is 1.35 bits per heavy atom. The molecule has 0 saturated heterocycles. The van der Waals surface area contributed by atoms with Crippen LogP contribution in [0.2, 0.25) is 5.02 Å². The van der Waals surface area contributed by atoms with E-state index in [9.17, 15) is 0 Å². The number of nitrogens with one attached hydrogen (secondary N) is 2. The highest BCUT2D eigenvalue weighted by Gasteiger charge is 2.10. The molecule has 0 fully saturated rings. The normalized spacial score (nSPS) is 12.3. The van der Waals surface area contributed by atoms with Crippen LogP contribution in [-0.2, 0) is 13.6 Å². The van der Waals surface area contributed by atoms with Crippen molar-refractivity contribution in [3.63, 3.8) is 0 Å². The molecule has 1 unspecified atom stereocenters. The summed E-state index contributed by atoms with van der Waals surface area (Å²) in [6, 6.07) is 7.39. The molecule has 0 amide bonds. The van der Waals surface area contributed by atoms with Gasteiger partial charge in [0.1, 0.15) is 11.9 Å². The smallest absolute Gasteiger partial charge is 0.191 e.